The summed E-state index contributed by atoms with van der Waals surface area (Å²) in [5, 5.41) is 2.95. The summed E-state index contributed by atoms with van der Waals surface area (Å²) in [6.45, 7) is 9.48. The highest BCUT2D eigenvalue weighted by Gasteiger charge is 2.33. The van der Waals surface area contributed by atoms with E-state index in [1.807, 2.05) is 58.2 Å². The first kappa shape index (κ1) is 33.0. The van der Waals surface area contributed by atoms with Gasteiger partial charge >= 0.3 is 0 Å². The molecule has 0 aliphatic heterocycles. The van der Waals surface area contributed by atoms with Crippen LogP contribution in [-0.2, 0) is 26.2 Å². The molecule has 3 rings (SSSR count). The van der Waals surface area contributed by atoms with E-state index in [0.717, 1.165) is 26.7 Å². The van der Waals surface area contributed by atoms with Crippen molar-refractivity contribution in [1.29, 1.82) is 0 Å². The number of hydrogen-bond acceptors (Lipinski definition) is 6. The minimum Gasteiger partial charge on any atom is -0.494 e. The summed E-state index contributed by atoms with van der Waals surface area (Å²) >= 11 is 1.51. The average molecular weight is 612 g/mol. The molecule has 10 heteroatoms. The molecule has 1 N–H and O–H groups in total. The summed E-state index contributed by atoms with van der Waals surface area (Å²) in [5.41, 5.74) is 2.17. The zero-order valence-corrected chi connectivity index (χ0v) is 26.8. The Balaban J connectivity index is 2.03. The number of nitrogens with one attached hydrogen (secondary N) is 1. The zero-order valence-electron chi connectivity index (χ0n) is 25.2. The molecule has 3 aromatic carbocycles. The van der Waals surface area contributed by atoms with Crippen LogP contribution in [0, 0.1) is 6.92 Å². The van der Waals surface area contributed by atoms with Gasteiger partial charge in [-0.15, -0.1) is 11.8 Å². The van der Waals surface area contributed by atoms with E-state index in [1.54, 1.807) is 55.5 Å². The van der Waals surface area contributed by atoms with Crippen molar-refractivity contribution in [3.8, 4) is 5.75 Å². The van der Waals surface area contributed by atoms with Gasteiger partial charge in [0.2, 0.25) is 11.8 Å². The lowest BCUT2D eigenvalue weighted by Crippen LogP contribution is -2.52. The van der Waals surface area contributed by atoms with Crippen LogP contribution in [0.1, 0.15) is 45.2 Å². The lowest BCUT2D eigenvalue weighted by molar-refractivity contribution is -0.139. The lowest BCUT2D eigenvalue weighted by Gasteiger charge is -2.32. The number of carbonyl (C=O) groups excluding carboxylic acids is 2. The maximum absolute atomic E-state index is 14.1. The van der Waals surface area contributed by atoms with E-state index in [1.165, 1.54) is 16.7 Å². The molecule has 0 aliphatic carbocycles. The number of aryl methyl sites for hydroxylation is 1. The van der Waals surface area contributed by atoms with Gasteiger partial charge in [-0.25, -0.2) is 8.42 Å². The average Bonchev–Trinajstić information content (AvgIpc) is 2.98. The molecule has 226 valence electrons. The number of nitrogens with zero attached hydrogens (tertiary/aromatic N) is 2. The second-order valence-corrected chi connectivity index (χ2v) is 12.9. The van der Waals surface area contributed by atoms with Gasteiger partial charge in [0.1, 0.15) is 18.3 Å². The molecule has 2 atom stereocenters. The van der Waals surface area contributed by atoms with E-state index in [9.17, 15) is 18.0 Å². The first-order valence-electron chi connectivity index (χ1n) is 14.0. The first-order valence-corrected chi connectivity index (χ1v) is 16.7. The van der Waals surface area contributed by atoms with Gasteiger partial charge in [-0.1, -0.05) is 36.8 Å². The van der Waals surface area contributed by atoms with E-state index in [0.29, 0.717) is 18.0 Å². The van der Waals surface area contributed by atoms with Crippen molar-refractivity contribution in [2.24, 2.45) is 0 Å². The second-order valence-electron chi connectivity index (χ2n) is 10.1. The highest BCUT2D eigenvalue weighted by Crippen LogP contribution is 2.28. The molecule has 0 heterocycles. The lowest BCUT2D eigenvalue weighted by atomic mass is 10.1. The van der Waals surface area contributed by atoms with Gasteiger partial charge in [0.05, 0.1) is 17.2 Å². The first-order chi connectivity index (χ1) is 20.0. The molecule has 3 aromatic rings. The van der Waals surface area contributed by atoms with Gasteiger partial charge in [-0.2, -0.15) is 0 Å². The van der Waals surface area contributed by atoms with Gasteiger partial charge in [0.15, 0.2) is 0 Å². The van der Waals surface area contributed by atoms with E-state index < -0.39 is 28.5 Å². The van der Waals surface area contributed by atoms with Crippen LogP contribution >= 0.6 is 11.8 Å². The Hall–Kier alpha value is -3.50. The molecule has 0 aromatic heterocycles. The predicted molar refractivity (Wildman–Crippen MR) is 169 cm³/mol. The van der Waals surface area contributed by atoms with Crippen LogP contribution in [0.2, 0.25) is 0 Å². The van der Waals surface area contributed by atoms with Crippen molar-refractivity contribution in [2.75, 3.05) is 23.7 Å². The quantitative estimate of drug-likeness (QED) is 0.237. The molecule has 0 saturated carbocycles. The normalized spacial score (nSPS) is 12.7. The number of benzene rings is 3. The van der Waals surface area contributed by atoms with Crippen molar-refractivity contribution < 1.29 is 22.7 Å². The number of sulfonamides is 1. The Labute approximate surface area is 254 Å². The number of hydrogen-bond donors (Lipinski definition) is 1. The molecule has 0 saturated heterocycles. The number of rotatable bonds is 14. The summed E-state index contributed by atoms with van der Waals surface area (Å²) in [7, 11) is -4.15. The molecular formula is C32H41N3O5S2. The highest BCUT2D eigenvalue weighted by molar-refractivity contribution is 7.98. The standard InChI is InChI=1S/C32H41N3O5S2/c1-7-24(4)33-32(37)25(5)34(21-26-11-9-10-23(3)20-26)31(36)22-35(27-12-14-28(15-13-27)40-8-2)42(38,39)30-18-16-29(41-6)17-19-30/h9-20,24-25H,7-8,21-22H2,1-6H3,(H,33,37)/t24-,25+/m1/s1. The van der Waals surface area contributed by atoms with Crippen LogP contribution in [-0.4, -0.2) is 56.6 Å². The zero-order chi connectivity index (χ0) is 30.9. The van der Waals surface area contributed by atoms with Gasteiger partial charge in [0, 0.05) is 17.5 Å². The van der Waals surface area contributed by atoms with Crippen LogP contribution in [0.4, 0.5) is 5.69 Å². The molecular weight excluding hydrogens is 571 g/mol. The fraction of sp³-hybridized carbons (Fsp3) is 0.375. The van der Waals surface area contributed by atoms with Gasteiger partial charge in [-0.3, -0.25) is 13.9 Å². The molecule has 0 bridgehead atoms. The van der Waals surface area contributed by atoms with Crippen molar-refractivity contribution in [1.82, 2.24) is 10.2 Å². The molecule has 2 amide bonds. The van der Waals surface area contributed by atoms with Crippen molar-refractivity contribution in [3.63, 3.8) is 0 Å². The van der Waals surface area contributed by atoms with Gasteiger partial charge in [-0.05, 0) is 94.5 Å². The summed E-state index contributed by atoms with van der Waals surface area (Å²) in [6, 6.07) is 19.9. The third kappa shape index (κ3) is 8.51. The maximum atomic E-state index is 14.1. The largest absolute Gasteiger partial charge is 0.494 e. The maximum Gasteiger partial charge on any atom is 0.264 e. The predicted octanol–water partition coefficient (Wildman–Crippen LogP) is 5.64. The molecule has 42 heavy (non-hydrogen) atoms. The third-order valence-electron chi connectivity index (χ3n) is 6.97. The van der Waals surface area contributed by atoms with Crippen LogP contribution in [0.3, 0.4) is 0 Å². The Morgan fingerprint density at radius 2 is 1.64 bits per heavy atom. The summed E-state index contributed by atoms with van der Waals surface area (Å²) in [6.07, 6.45) is 2.65. The van der Waals surface area contributed by atoms with E-state index in [2.05, 4.69) is 5.32 Å². The fourth-order valence-corrected chi connectivity index (χ4v) is 6.16. The molecule has 0 spiro atoms. The molecule has 0 fully saturated rings. The van der Waals surface area contributed by atoms with E-state index in [-0.39, 0.29) is 23.4 Å². The second kappa shape index (κ2) is 15.1. The topological polar surface area (TPSA) is 96.0 Å². The minimum absolute atomic E-state index is 0.0646. The molecule has 8 nitrogen and oxygen atoms in total. The minimum atomic E-state index is -4.15. The van der Waals surface area contributed by atoms with Crippen LogP contribution in [0.25, 0.3) is 0 Å². The number of carbonyl (C=O) groups is 2. The summed E-state index contributed by atoms with van der Waals surface area (Å²) in [4.78, 5) is 29.7. The summed E-state index contributed by atoms with van der Waals surface area (Å²) in [5.74, 6) is -0.208. The fourth-order valence-electron chi connectivity index (χ4n) is 4.33. The van der Waals surface area contributed by atoms with E-state index >= 15 is 0 Å². The van der Waals surface area contributed by atoms with Crippen LogP contribution in [0.5, 0.6) is 5.75 Å². The highest BCUT2D eigenvalue weighted by atomic mass is 32.2. The van der Waals surface area contributed by atoms with Gasteiger partial charge < -0.3 is 15.0 Å². The summed E-state index contributed by atoms with van der Waals surface area (Å²) < 4.78 is 34.7. The number of ether oxygens (including phenoxy) is 1. The Morgan fingerprint density at radius 3 is 2.21 bits per heavy atom. The molecule has 0 radical (unpaired) electrons. The Kier molecular flexibility index (Phi) is 11.9. The number of anilines is 1. The number of amides is 2. The van der Waals surface area contributed by atoms with Crippen molar-refractivity contribution in [3.05, 3.63) is 83.9 Å². The van der Waals surface area contributed by atoms with Crippen LogP contribution < -0.4 is 14.4 Å². The van der Waals surface area contributed by atoms with E-state index in [4.69, 9.17) is 4.74 Å². The Bertz CT molecular complexity index is 1440. The SMILES string of the molecule is CCOc1ccc(N(CC(=O)N(Cc2cccc(C)c2)[C@@H](C)C(=O)N[C@H](C)CC)S(=O)(=O)c2ccc(SC)cc2)cc1. The molecule has 0 aliphatic rings. The monoisotopic (exact) mass is 611 g/mol. The molecule has 0 unspecified atom stereocenters. The van der Waals surface area contributed by atoms with Gasteiger partial charge in [0.25, 0.3) is 10.0 Å². The van der Waals surface area contributed by atoms with Crippen molar-refractivity contribution in [2.45, 2.75) is 69.5 Å². The third-order valence-corrected chi connectivity index (χ3v) is 9.50. The van der Waals surface area contributed by atoms with Crippen molar-refractivity contribution >= 4 is 39.3 Å². The Morgan fingerprint density at radius 1 is 0.976 bits per heavy atom. The van der Waals surface area contributed by atoms with Crippen LogP contribution in [0.15, 0.2) is 82.6 Å². The smallest absolute Gasteiger partial charge is 0.264 e. The number of thioether (sulfide) groups is 1.